The monoisotopic (exact) mass is 321 g/mol. The summed E-state index contributed by atoms with van der Waals surface area (Å²) in [7, 11) is 0. The Morgan fingerprint density at radius 2 is 2.00 bits per heavy atom. The van der Waals surface area contributed by atoms with Crippen molar-refractivity contribution in [3.8, 4) is 22.9 Å². The van der Waals surface area contributed by atoms with E-state index < -0.39 is 0 Å². The molecule has 0 amide bonds. The normalized spacial score (nSPS) is 10.1. The number of halogens is 2. The van der Waals surface area contributed by atoms with E-state index in [-0.39, 0.29) is 5.75 Å². The maximum absolute atomic E-state index is 10.0. The molecule has 90 valence electrons. The summed E-state index contributed by atoms with van der Waals surface area (Å²) >= 11 is 9.21. The molecule has 4 heteroatoms. The first-order chi connectivity index (χ1) is 8.52. The molecule has 0 spiro atoms. The van der Waals surface area contributed by atoms with Crippen LogP contribution >= 0.6 is 27.5 Å². The predicted molar refractivity (Wildman–Crippen MR) is 75.7 cm³/mol. The lowest BCUT2D eigenvalue weighted by Gasteiger charge is -2.09. The predicted octanol–water partition coefficient (Wildman–Crippen LogP) is 4.66. The largest absolute Gasteiger partial charge is 0.506 e. The molecule has 2 nitrogen and oxygen atoms in total. The van der Waals surface area contributed by atoms with Crippen LogP contribution < -0.4 is 0 Å². The first-order valence-corrected chi connectivity index (χ1v) is 6.39. The van der Waals surface area contributed by atoms with Gasteiger partial charge in [0.05, 0.1) is 16.1 Å². The number of hydrogen-bond donors (Lipinski definition) is 1. The highest BCUT2D eigenvalue weighted by atomic mass is 79.9. The Kier molecular flexibility index (Phi) is 3.60. The molecule has 2 aromatic carbocycles. The molecular weight excluding hydrogens is 314 g/mol. The minimum Gasteiger partial charge on any atom is -0.506 e. The Morgan fingerprint density at radius 3 is 2.61 bits per heavy atom. The van der Waals surface area contributed by atoms with Crippen LogP contribution in [0.25, 0.3) is 11.1 Å². The lowest BCUT2D eigenvalue weighted by Crippen LogP contribution is -1.85. The van der Waals surface area contributed by atoms with E-state index in [2.05, 4.69) is 22.0 Å². The van der Waals surface area contributed by atoms with E-state index in [9.17, 15) is 5.11 Å². The lowest BCUT2D eigenvalue weighted by molar-refractivity contribution is 0.474. The highest BCUT2D eigenvalue weighted by molar-refractivity contribution is 9.10. The molecule has 0 saturated carbocycles. The van der Waals surface area contributed by atoms with Crippen molar-refractivity contribution in [2.45, 2.75) is 6.92 Å². The maximum Gasteiger partial charge on any atom is 0.137 e. The van der Waals surface area contributed by atoms with Gasteiger partial charge in [-0.3, -0.25) is 0 Å². The van der Waals surface area contributed by atoms with Gasteiger partial charge in [-0.2, -0.15) is 5.26 Å². The molecule has 0 aliphatic carbocycles. The van der Waals surface area contributed by atoms with Gasteiger partial charge in [0, 0.05) is 10.6 Å². The van der Waals surface area contributed by atoms with E-state index in [1.165, 1.54) is 0 Å². The van der Waals surface area contributed by atoms with Crippen LogP contribution in [0.4, 0.5) is 0 Å². The van der Waals surface area contributed by atoms with Crippen LogP contribution in [0.15, 0.2) is 34.8 Å². The zero-order valence-electron chi connectivity index (χ0n) is 9.54. The van der Waals surface area contributed by atoms with Gasteiger partial charge in [-0.25, -0.2) is 0 Å². The Hall–Kier alpha value is -1.50. The van der Waals surface area contributed by atoms with Crippen molar-refractivity contribution in [2.75, 3.05) is 0 Å². The molecule has 0 fully saturated rings. The number of aryl methyl sites for hydroxylation is 1. The second kappa shape index (κ2) is 5.01. The van der Waals surface area contributed by atoms with E-state index in [0.29, 0.717) is 20.6 Å². The SMILES string of the molecule is Cc1cc(-c2cc(C#N)cc(Br)c2O)ccc1Cl. The maximum atomic E-state index is 10.0. The van der Waals surface area contributed by atoms with Crippen molar-refractivity contribution in [1.82, 2.24) is 0 Å². The van der Waals surface area contributed by atoms with E-state index >= 15 is 0 Å². The van der Waals surface area contributed by atoms with E-state index in [4.69, 9.17) is 16.9 Å². The van der Waals surface area contributed by atoms with Crippen LogP contribution in [-0.2, 0) is 0 Å². The molecule has 18 heavy (non-hydrogen) atoms. The van der Waals surface area contributed by atoms with Crippen LogP contribution in [-0.4, -0.2) is 5.11 Å². The summed E-state index contributed by atoms with van der Waals surface area (Å²) in [5, 5.41) is 19.7. The third-order valence-electron chi connectivity index (χ3n) is 2.66. The van der Waals surface area contributed by atoms with Crippen molar-refractivity contribution < 1.29 is 5.11 Å². The third kappa shape index (κ3) is 2.35. The van der Waals surface area contributed by atoms with Crippen LogP contribution in [0.2, 0.25) is 5.02 Å². The zero-order valence-corrected chi connectivity index (χ0v) is 11.9. The summed E-state index contributed by atoms with van der Waals surface area (Å²) in [6, 6.07) is 10.8. The summed E-state index contributed by atoms with van der Waals surface area (Å²) in [6.45, 7) is 1.89. The van der Waals surface area contributed by atoms with Crippen LogP contribution in [0.3, 0.4) is 0 Å². The average Bonchev–Trinajstić information content (AvgIpc) is 2.36. The standard InChI is InChI=1S/C14H9BrClNO/c1-8-4-10(2-3-13(8)16)11-5-9(7-17)6-12(15)14(11)18/h2-6,18H,1H3. The summed E-state index contributed by atoms with van der Waals surface area (Å²) in [6.07, 6.45) is 0. The number of benzene rings is 2. The molecule has 0 aliphatic rings. The molecule has 2 aromatic rings. The molecule has 0 aromatic heterocycles. The number of phenols is 1. The number of phenolic OH excluding ortho intramolecular Hbond substituents is 1. The van der Waals surface area contributed by atoms with Gasteiger partial charge in [0.15, 0.2) is 0 Å². The number of rotatable bonds is 1. The van der Waals surface area contributed by atoms with E-state index in [0.717, 1.165) is 11.1 Å². The minimum absolute atomic E-state index is 0.121. The van der Waals surface area contributed by atoms with Gasteiger partial charge in [0.1, 0.15) is 5.75 Å². The highest BCUT2D eigenvalue weighted by Crippen LogP contribution is 2.37. The fourth-order valence-electron chi connectivity index (χ4n) is 1.70. The second-order valence-corrected chi connectivity index (χ2v) is 5.19. The van der Waals surface area contributed by atoms with Gasteiger partial charge >= 0.3 is 0 Å². The van der Waals surface area contributed by atoms with Crippen LogP contribution in [0.1, 0.15) is 11.1 Å². The molecule has 0 radical (unpaired) electrons. The first kappa shape index (κ1) is 12.9. The number of nitrogens with zero attached hydrogens (tertiary/aromatic N) is 1. The summed E-state index contributed by atoms with van der Waals surface area (Å²) in [5.74, 6) is 0.121. The van der Waals surface area contributed by atoms with Crippen molar-refractivity contribution >= 4 is 27.5 Å². The first-order valence-electron chi connectivity index (χ1n) is 5.22. The molecule has 0 aliphatic heterocycles. The summed E-state index contributed by atoms with van der Waals surface area (Å²) in [5.41, 5.74) is 2.85. The molecular formula is C14H9BrClNO. The van der Waals surface area contributed by atoms with Crippen molar-refractivity contribution in [3.63, 3.8) is 0 Å². The quantitative estimate of drug-likeness (QED) is 0.830. The molecule has 0 heterocycles. The average molecular weight is 323 g/mol. The smallest absolute Gasteiger partial charge is 0.137 e. The molecule has 0 saturated heterocycles. The number of nitriles is 1. The number of hydrogen-bond acceptors (Lipinski definition) is 2. The molecule has 0 bridgehead atoms. The zero-order chi connectivity index (χ0) is 13.3. The minimum atomic E-state index is 0.121. The van der Waals surface area contributed by atoms with Crippen LogP contribution in [0.5, 0.6) is 5.75 Å². The van der Waals surface area contributed by atoms with Crippen molar-refractivity contribution in [2.24, 2.45) is 0 Å². The Morgan fingerprint density at radius 1 is 1.28 bits per heavy atom. The van der Waals surface area contributed by atoms with Crippen molar-refractivity contribution in [3.05, 3.63) is 51.0 Å². The van der Waals surface area contributed by atoms with E-state index in [1.54, 1.807) is 18.2 Å². The van der Waals surface area contributed by atoms with Gasteiger partial charge in [0.2, 0.25) is 0 Å². The van der Waals surface area contributed by atoms with Gasteiger partial charge < -0.3 is 5.11 Å². The lowest BCUT2D eigenvalue weighted by atomic mass is 10.0. The molecule has 0 atom stereocenters. The number of aromatic hydroxyl groups is 1. The fraction of sp³-hybridized carbons (Fsp3) is 0.0714. The van der Waals surface area contributed by atoms with Gasteiger partial charge in [-0.05, 0) is 58.2 Å². The van der Waals surface area contributed by atoms with E-state index in [1.807, 2.05) is 19.1 Å². The van der Waals surface area contributed by atoms with Crippen molar-refractivity contribution in [1.29, 1.82) is 5.26 Å². The molecule has 1 N–H and O–H groups in total. The fourth-order valence-corrected chi connectivity index (χ4v) is 2.27. The topological polar surface area (TPSA) is 44.0 Å². The third-order valence-corrected chi connectivity index (χ3v) is 3.69. The molecule has 2 rings (SSSR count). The second-order valence-electron chi connectivity index (χ2n) is 3.93. The van der Waals surface area contributed by atoms with Gasteiger partial charge in [0.25, 0.3) is 0 Å². The van der Waals surface area contributed by atoms with Crippen LogP contribution in [0, 0.1) is 18.3 Å². The Bertz CT molecular complexity index is 662. The summed E-state index contributed by atoms with van der Waals surface area (Å²) in [4.78, 5) is 0. The Balaban J connectivity index is 2.67. The van der Waals surface area contributed by atoms with Gasteiger partial charge in [-0.1, -0.05) is 17.7 Å². The molecule has 0 unspecified atom stereocenters. The Labute approximate surface area is 119 Å². The highest BCUT2D eigenvalue weighted by Gasteiger charge is 2.11. The summed E-state index contributed by atoms with van der Waals surface area (Å²) < 4.78 is 0.504. The van der Waals surface area contributed by atoms with Gasteiger partial charge in [-0.15, -0.1) is 0 Å².